The smallest absolute Gasteiger partial charge is 0.327 e. The third-order valence-electron chi connectivity index (χ3n) is 2.30. The normalized spacial score (nSPS) is 14.2. The molecule has 1 aromatic heterocycles. The number of hydrogen-bond donors (Lipinski definition) is 1. The van der Waals surface area contributed by atoms with E-state index in [1.165, 1.54) is 12.3 Å². The average Bonchev–Trinajstić information content (AvgIpc) is 2.28. The zero-order valence-electron chi connectivity index (χ0n) is 10.1. The average molecular weight is 271 g/mol. The third-order valence-corrected chi connectivity index (χ3v) is 3.06. The van der Waals surface area contributed by atoms with Gasteiger partial charge in [-0.25, -0.2) is 9.78 Å². The molecule has 0 aliphatic carbocycles. The molecular formula is C11H15N2O4S-. The van der Waals surface area contributed by atoms with Crippen LogP contribution in [0.4, 0.5) is 5.82 Å². The first-order valence-electron chi connectivity index (χ1n) is 5.46. The molecule has 0 aromatic carbocycles. The van der Waals surface area contributed by atoms with Gasteiger partial charge in [0, 0.05) is 17.5 Å². The van der Waals surface area contributed by atoms with Crippen LogP contribution in [0.1, 0.15) is 20.3 Å². The van der Waals surface area contributed by atoms with E-state index in [1.54, 1.807) is 12.1 Å². The Labute approximate surface area is 108 Å². The predicted octanol–water partition coefficient (Wildman–Crippen LogP) is 1.18. The van der Waals surface area contributed by atoms with Crippen LogP contribution in [0.3, 0.4) is 0 Å². The summed E-state index contributed by atoms with van der Waals surface area (Å²) in [6.45, 7) is 3.67. The van der Waals surface area contributed by atoms with Crippen LogP contribution < -0.4 is 4.31 Å². The molecule has 1 N–H and O–H groups in total. The fourth-order valence-corrected chi connectivity index (χ4v) is 2.21. The lowest BCUT2D eigenvalue weighted by Crippen LogP contribution is -2.43. The van der Waals surface area contributed by atoms with Gasteiger partial charge >= 0.3 is 5.97 Å². The molecule has 18 heavy (non-hydrogen) atoms. The van der Waals surface area contributed by atoms with Gasteiger partial charge in [0.1, 0.15) is 11.9 Å². The summed E-state index contributed by atoms with van der Waals surface area (Å²) in [6, 6.07) is 3.56. The van der Waals surface area contributed by atoms with E-state index in [1.807, 2.05) is 13.8 Å². The molecule has 0 saturated heterocycles. The van der Waals surface area contributed by atoms with Crippen LogP contribution in [0.5, 0.6) is 0 Å². The maximum Gasteiger partial charge on any atom is 0.327 e. The highest BCUT2D eigenvalue weighted by atomic mass is 32.2. The van der Waals surface area contributed by atoms with E-state index >= 15 is 0 Å². The summed E-state index contributed by atoms with van der Waals surface area (Å²) in [5.74, 6) is -1.02. The predicted molar refractivity (Wildman–Crippen MR) is 66.5 cm³/mol. The summed E-state index contributed by atoms with van der Waals surface area (Å²) in [5.41, 5.74) is 0. The monoisotopic (exact) mass is 271 g/mol. The third kappa shape index (κ3) is 3.78. The first kappa shape index (κ1) is 14.6. The second kappa shape index (κ2) is 6.46. The van der Waals surface area contributed by atoms with Gasteiger partial charge in [-0.1, -0.05) is 19.9 Å². The Balaban J connectivity index is 3.09. The number of nitrogens with zero attached hydrogens (tertiary/aromatic N) is 2. The zero-order valence-corrected chi connectivity index (χ0v) is 11.0. The number of pyridine rings is 1. The van der Waals surface area contributed by atoms with Crippen LogP contribution in [0.2, 0.25) is 0 Å². The Bertz CT molecular complexity index is 424. The Hall–Kier alpha value is -1.47. The summed E-state index contributed by atoms with van der Waals surface area (Å²) < 4.78 is 23.3. The van der Waals surface area contributed by atoms with Crippen LogP contribution in [0, 0.1) is 5.92 Å². The van der Waals surface area contributed by atoms with E-state index in [2.05, 4.69) is 4.98 Å². The summed E-state index contributed by atoms with van der Waals surface area (Å²) in [7, 11) is 0. The molecule has 0 aliphatic heterocycles. The molecule has 0 bridgehead atoms. The number of rotatable bonds is 6. The van der Waals surface area contributed by atoms with E-state index in [-0.39, 0.29) is 18.2 Å². The van der Waals surface area contributed by atoms with E-state index in [9.17, 15) is 13.6 Å². The highest BCUT2D eigenvalue weighted by molar-refractivity contribution is 7.80. The minimum Gasteiger partial charge on any atom is -0.755 e. The van der Waals surface area contributed by atoms with Gasteiger partial charge < -0.3 is 9.66 Å². The number of anilines is 1. The van der Waals surface area contributed by atoms with Gasteiger partial charge in [-0.2, -0.15) is 0 Å². The molecule has 0 radical (unpaired) electrons. The van der Waals surface area contributed by atoms with Gasteiger partial charge in [0.2, 0.25) is 0 Å². The molecule has 0 amide bonds. The lowest BCUT2D eigenvalue weighted by Gasteiger charge is -2.31. The first-order chi connectivity index (χ1) is 8.43. The van der Waals surface area contributed by atoms with Gasteiger partial charge in [0.25, 0.3) is 0 Å². The highest BCUT2D eigenvalue weighted by Crippen LogP contribution is 2.20. The lowest BCUT2D eigenvalue weighted by molar-refractivity contribution is -0.138. The molecule has 6 nitrogen and oxygen atoms in total. The van der Waals surface area contributed by atoms with Crippen molar-refractivity contribution in [3.05, 3.63) is 24.4 Å². The van der Waals surface area contributed by atoms with Gasteiger partial charge in [-0.15, -0.1) is 0 Å². The molecule has 7 heteroatoms. The van der Waals surface area contributed by atoms with Gasteiger partial charge in [-0.3, -0.25) is 8.51 Å². The maximum absolute atomic E-state index is 11.2. The summed E-state index contributed by atoms with van der Waals surface area (Å²) in [6.07, 6.45) is 1.64. The Morgan fingerprint density at radius 1 is 1.56 bits per heavy atom. The van der Waals surface area contributed by atoms with E-state index in [4.69, 9.17) is 5.11 Å². The molecule has 1 rings (SSSR count). The zero-order chi connectivity index (χ0) is 13.7. The van der Waals surface area contributed by atoms with Crippen molar-refractivity contribution in [1.29, 1.82) is 0 Å². The molecule has 0 aliphatic rings. The van der Waals surface area contributed by atoms with Crippen molar-refractivity contribution in [3.8, 4) is 0 Å². The second-order valence-corrected chi connectivity index (χ2v) is 5.04. The van der Waals surface area contributed by atoms with Gasteiger partial charge in [0.05, 0.1) is 0 Å². The molecule has 0 saturated carbocycles. The molecule has 1 aromatic rings. The van der Waals surface area contributed by atoms with E-state index < -0.39 is 23.3 Å². The van der Waals surface area contributed by atoms with Crippen LogP contribution in [-0.4, -0.2) is 30.9 Å². The van der Waals surface area contributed by atoms with Crippen molar-refractivity contribution in [2.75, 3.05) is 4.31 Å². The fraction of sp³-hybridized carbons (Fsp3) is 0.455. The Morgan fingerprint density at radius 2 is 2.22 bits per heavy atom. The lowest BCUT2D eigenvalue weighted by atomic mass is 10.0. The molecular weight excluding hydrogens is 256 g/mol. The largest absolute Gasteiger partial charge is 0.755 e. The van der Waals surface area contributed by atoms with E-state index in [0.29, 0.717) is 0 Å². The molecule has 2 atom stereocenters. The molecule has 0 spiro atoms. The Kier molecular flexibility index (Phi) is 5.24. The minimum atomic E-state index is -2.68. The molecule has 0 fully saturated rings. The van der Waals surface area contributed by atoms with Gasteiger partial charge in [0.15, 0.2) is 0 Å². The van der Waals surface area contributed by atoms with Crippen molar-refractivity contribution < 1.29 is 18.7 Å². The van der Waals surface area contributed by atoms with Crippen molar-refractivity contribution in [1.82, 2.24) is 4.98 Å². The minimum absolute atomic E-state index is 0.0564. The molecule has 1 heterocycles. The summed E-state index contributed by atoms with van der Waals surface area (Å²) >= 11 is -2.68. The van der Waals surface area contributed by atoms with Crippen molar-refractivity contribution in [3.63, 3.8) is 0 Å². The quantitative estimate of drug-likeness (QED) is 0.784. The first-order valence-corrected chi connectivity index (χ1v) is 6.49. The van der Waals surface area contributed by atoms with Crippen molar-refractivity contribution in [2.45, 2.75) is 26.3 Å². The summed E-state index contributed by atoms with van der Waals surface area (Å²) in [4.78, 5) is 15.1. The summed E-state index contributed by atoms with van der Waals surface area (Å²) in [5, 5.41) is 9.16. The number of carbonyl (C=O) groups is 1. The van der Waals surface area contributed by atoms with Crippen molar-refractivity contribution in [2.24, 2.45) is 5.92 Å². The fourth-order valence-electron chi connectivity index (χ4n) is 1.57. The standard InChI is InChI=1S/C11H16N2O4S/c1-8(2)7-9(11(14)15)13(18(16)17)10-5-3-4-6-12-10/h3-6,8-9H,7H2,1-2H3,(H,14,15)(H,16,17)/p-1. The van der Waals surface area contributed by atoms with Crippen LogP contribution in [0.15, 0.2) is 24.4 Å². The Morgan fingerprint density at radius 3 is 2.61 bits per heavy atom. The molecule has 2 unspecified atom stereocenters. The van der Waals surface area contributed by atoms with Gasteiger partial charge in [-0.05, 0) is 24.5 Å². The second-order valence-electron chi connectivity index (χ2n) is 4.21. The topological polar surface area (TPSA) is 93.6 Å². The number of aromatic nitrogens is 1. The van der Waals surface area contributed by atoms with Crippen LogP contribution >= 0.6 is 0 Å². The van der Waals surface area contributed by atoms with Crippen LogP contribution in [0.25, 0.3) is 0 Å². The highest BCUT2D eigenvalue weighted by Gasteiger charge is 2.28. The SMILES string of the molecule is CC(C)CC(C(=O)O)N(c1ccccn1)S(=O)[O-]. The maximum atomic E-state index is 11.2. The number of carboxylic acid groups (broad SMARTS) is 1. The number of hydrogen-bond acceptors (Lipinski definition) is 4. The van der Waals surface area contributed by atoms with Crippen LogP contribution in [-0.2, 0) is 16.1 Å². The number of carboxylic acids is 1. The number of aliphatic carboxylic acids is 1. The van der Waals surface area contributed by atoms with E-state index in [0.717, 1.165) is 4.31 Å². The van der Waals surface area contributed by atoms with Crippen molar-refractivity contribution >= 4 is 23.1 Å². The molecule has 100 valence electrons.